The highest BCUT2D eigenvalue weighted by atomic mass is 16.5. The molecular formula is C39H74O4. The summed E-state index contributed by atoms with van der Waals surface area (Å²) in [7, 11) is 0. The van der Waals surface area contributed by atoms with Gasteiger partial charge in [-0.25, -0.2) is 0 Å². The highest BCUT2D eigenvalue weighted by Crippen LogP contribution is 2.35. The fraction of sp³-hybridized carbons (Fsp3) is 0.949. The lowest BCUT2D eigenvalue weighted by Crippen LogP contribution is -2.37. The lowest BCUT2D eigenvalue weighted by Gasteiger charge is -2.31. The second-order valence-electron chi connectivity index (χ2n) is 14.0. The standard InChI is InChI=1S/C39H74O4/c1-4-6-8-10-12-14-16-18-20-22-24-26-28-32-42-38(40)36-31-30-35(3)34-37(36)39(41)43-33-29-27-25-23-21-19-17-15-13-11-9-7-5-2/h35-37H,4-34H2,1-3H3. The van der Waals surface area contributed by atoms with E-state index < -0.39 is 0 Å². The molecule has 0 heterocycles. The highest BCUT2D eigenvalue weighted by molar-refractivity contribution is 5.82. The largest absolute Gasteiger partial charge is 0.465 e. The molecule has 1 saturated carbocycles. The summed E-state index contributed by atoms with van der Waals surface area (Å²) in [5.74, 6) is -0.539. The van der Waals surface area contributed by atoms with E-state index in [9.17, 15) is 9.59 Å². The van der Waals surface area contributed by atoms with Crippen molar-refractivity contribution < 1.29 is 19.1 Å². The van der Waals surface area contributed by atoms with Gasteiger partial charge < -0.3 is 9.47 Å². The minimum absolute atomic E-state index is 0.172. The Morgan fingerprint density at radius 3 is 1.09 bits per heavy atom. The van der Waals surface area contributed by atoms with Crippen molar-refractivity contribution >= 4 is 11.9 Å². The van der Waals surface area contributed by atoms with Gasteiger partial charge in [-0.15, -0.1) is 0 Å². The van der Waals surface area contributed by atoms with Crippen molar-refractivity contribution in [3.05, 3.63) is 0 Å². The molecule has 0 spiro atoms. The molecule has 0 aromatic heterocycles. The van der Waals surface area contributed by atoms with E-state index in [-0.39, 0.29) is 23.8 Å². The van der Waals surface area contributed by atoms with E-state index in [0.29, 0.717) is 19.1 Å². The first-order chi connectivity index (χ1) is 21.1. The summed E-state index contributed by atoms with van der Waals surface area (Å²) in [5.41, 5.74) is 0. The quantitative estimate of drug-likeness (QED) is 0.0603. The molecule has 0 aromatic rings. The normalized spacial score (nSPS) is 18.5. The SMILES string of the molecule is CCCCCCCCCCCCCCCOC(=O)C1CCC(C)CC1C(=O)OCCCCCCCCCCCCCCC. The molecule has 0 aromatic carbocycles. The first-order valence-electron chi connectivity index (χ1n) is 19.4. The zero-order valence-corrected chi connectivity index (χ0v) is 29.3. The van der Waals surface area contributed by atoms with Crippen molar-refractivity contribution in [1.29, 1.82) is 0 Å². The maximum absolute atomic E-state index is 12.9. The third-order valence-corrected chi connectivity index (χ3v) is 9.70. The molecule has 1 aliphatic rings. The van der Waals surface area contributed by atoms with Crippen LogP contribution in [-0.2, 0) is 19.1 Å². The predicted molar refractivity (Wildman–Crippen MR) is 183 cm³/mol. The topological polar surface area (TPSA) is 52.6 Å². The molecule has 4 heteroatoms. The minimum Gasteiger partial charge on any atom is -0.465 e. The molecule has 1 aliphatic carbocycles. The van der Waals surface area contributed by atoms with Gasteiger partial charge in [0.1, 0.15) is 0 Å². The Labute approximate surface area is 268 Å². The number of esters is 2. The number of carbonyl (C=O) groups is 2. The molecule has 1 rings (SSSR count). The molecule has 0 radical (unpaired) electrons. The molecule has 0 saturated heterocycles. The van der Waals surface area contributed by atoms with E-state index in [4.69, 9.17) is 9.47 Å². The molecule has 0 amide bonds. The van der Waals surface area contributed by atoms with Crippen molar-refractivity contribution in [3.63, 3.8) is 0 Å². The Bertz CT molecular complexity index is 633. The molecule has 43 heavy (non-hydrogen) atoms. The van der Waals surface area contributed by atoms with Crippen LogP contribution in [0.15, 0.2) is 0 Å². The first kappa shape index (κ1) is 40.0. The van der Waals surface area contributed by atoms with Crippen LogP contribution in [0.1, 0.15) is 207 Å². The van der Waals surface area contributed by atoms with Crippen LogP contribution < -0.4 is 0 Å². The summed E-state index contributed by atoms with van der Waals surface area (Å²) in [6.45, 7) is 7.71. The maximum Gasteiger partial charge on any atom is 0.309 e. The molecule has 0 N–H and O–H groups in total. The van der Waals surface area contributed by atoms with Crippen molar-refractivity contribution in [2.75, 3.05) is 13.2 Å². The van der Waals surface area contributed by atoms with Gasteiger partial charge >= 0.3 is 11.9 Å². The van der Waals surface area contributed by atoms with Gasteiger partial charge in [-0.2, -0.15) is 0 Å². The number of ether oxygens (including phenoxy) is 2. The van der Waals surface area contributed by atoms with Crippen molar-refractivity contribution in [2.24, 2.45) is 17.8 Å². The Kier molecular flexibility index (Phi) is 27.5. The van der Waals surface area contributed by atoms with Crippen LogP contribution in [0.25, 0.3) is 0 Å². The third kappa shape index (κ3) is 23.0. The van der Waals surface area contributed by atoms with Crippen LogP contribution in [0.5, 0.6) is 0 Å². The van der Waals surface area contributed by atoms with Gasteiger partial charge in [0.05, 0.1) is 25.0 Å². The van der Waals surface area contributed by atoms with Gasteiger partial charge in [-0.1, -0.05) is 175 Å². The van der Waals surface area contributed by atoms with Crippen LogP contribution in [0, 0.1) is 17.8 Å². The Morgan fingerprint density at radius 2 is 0.744 bits per heavy atom. The van der Waals surface area contributed by atoms with Crippen LogP contribution in [0.2, 0.25) is 0 Å². The number of unbranched alkanes of at least 4 members (excludes halogenated alkanes) is 24. The minimum atomic E-state index is -0.329. The zero-order valence-electron chi connectivity index (χ0n) is 29.3. The summed E-state index contributed by atoms with van der Waals surface area (Å²) in [6, 6.07) is 0. The van der Waals surface area contributed by atoms with Crippen LogP contribution in [0.3, 0.4) is 0 Å². The number of hydrogen-bond acceptors (Lipinski definition) is 4. The predicted octanol–water partition coefficient (Wildman–Crippen LogP) is 12.3. The summed E-state index contributed by atoms with van der Waals surface area (Å²) >= 11 is 0. The van der Waals surface area contributed by atoms with Gasteiger partial charge in [0.2, 0.25) is 0 Å². The van der Waals surface area contributed by atoms with Gasteiger partial charge in [0.15, 0.2) is 0 Å². The molecule has 3 atom stereocenters. The molecular weight excluding hydrogens is 532 g/mol. The summed E-state index contributed by atoms with van der Waals surface area (Å²) in [5, 5.41) is 0. The van der Waals surface area contributed by atoms with Crippen LogP contribution in [-0.4, -0.2) is 25.2 Å². The molecule has 3 unspecified atom stereocenters. The monoisotopic (exact) mass is 607 g/mol. The highest BCUT2D eigenvalue weighted by Gasteiger charge is 2.40. The lowest BCUT2D eigenvalue weighted by molar-refractivity contribution is -0.163. The smallest absolute Gasteiger partial charge is 0.309 e. The van der Waals surface area contributed by atoms with Gasteiger partial charge in [-0.3, -0.25) is 9.59 Å². The Hall–Kier alpha value is -1.06. The van der Waals surface area contributed by atoms with Gasteiger partial charge in [-0.05, 0) is 38.0 Å². The van der Waals surface area contributed by atoms with Crippen molar-refractivity contribution in [2.45, 2.75) is 207 Å². The van der Waals surface area contributed by atoms with Crippen molar-refractivity contribution in [1.82, 2.24) is 0 Å². The van der Waals surface area contributed by atoms with Crippen LogP contribution >= 0.6 is 0 Å². The summed E-state index contributed by atoms with van der Waals surface area (Å²) < 4.78 is 11.4. The average molecular weight is 607 g/mol. The number of hydrogen-bond donors (Lipinski definition) is 0. The fourth-order valence-electron chi connectivity index (χ4n) is 6.72. The first-order valence-corrected chi connectivity index (χ1v) is 19.4. The fourth-order valence-corrected chi connectivity index (χ4v) is 6.72. The maximum atomic E-state index is 12.9. The van der Waals surface area contributed by atoms with E-state index >= 15 is 0 Å². The molecule has 254 valence electrons. The van der Waals surface area contributed by atoms with E-state index in [1.54, 1.807) is 0 Å². The molecule has 0 aliphatic heterocycles. The molecule has 4 nitrogen and oxygen atoms in total. The third-order valence-electron chi connectivity index (χ3n) is 9.70. The van der Waals surface area contributed by atoms with E-state index in [0.717, 1.165) is 44.9 Å². The van der Waals surface area contributed by atoms with E-state index in [1.165, 1.54) is 141 Å². The van der Waals surface area contributed by atoms with Crippen molar-refractivity contribution in [3.8, 4) is 0 Å². The summed E-state index contributed by atoms with van der Waals surface area (Å²) in [6.07, 6.45) is 36.4. The second-order valence-corrected chi connectivity index (χ2v) is 14.0. The lowest BCUT2D eigenvalue weighted by atomic mass is 9.74. The van der Waals surface area contributed by atoms with Crippen LogP contribution in [0.4, 0.5) is 0 Å². The van der Waals surface area contributed by atoms with Gasteiger partial charge in [0.25, 0.3) is 0 Å². The molecule has 0 bridgehead atoms. The Morgan fingerprint density at radius 1 is 0.442 bits per heavy atom. The summed E-state index contributed by atoms with van der Waals surface area (Å²) in [4.78, 5) is 25.9. The van der Waals surface area contributed by atoms with E-state index in [1.807, 2.05) is 0 Å². The number of rotatable bonds is 30. The van der Waals surface area contributed by atoms with Gasteiger partial charge in [0, 0.05) is 0 Å². The zero-order chi connectivity index (χ0) is 31.2. The molecule has 1 fully saturated rings. The number of carbonyl (C=O) groups excluding carboxylic acids is 2. The second kappa shape index (κ2) is 29.6. The average Bonchev–Trinajstić information content (AvgIpc) is 3.01. The Balaban J connectivity index is 2.06. The van der Waals surface area contributed by atoms with E-state index in [2.05, 4.69) is 20.8 Å².